The fourth-order valence-corrected chi connectivity index (χ4v) is 4.55. The normalized spacial score (nSPS) is 21.3. The van der Waals surface area contributed by atoms with E-state index < -0.39 is 12.1 Å². The standard InChI is InChI=1S/C18H28N2O2S.C2HF3O2/c1-14(2)19-17(21)10-15-11-18(22-13-15)5-7-20(8-6-18)12-16-4-3-9-23-16;3-2(4,5)1(6)7/h3-4,9,14-15H,5-8,10-13H2,1-2H3,(H,19,21);(H,6,7). The van der Waals surface area contributed by atoms with Crippen LogP contribution in [-0.4, -0.2) is 59.4 Å². The summed E-state index contributed by atoms with van der Waals surface area (Å²) in [5.74, 6) is -2.20. The Morgan fingerprint density at radius 2 is 2.00 bits per heavy atom. The van der Waals surface area contributed by atoms with Crippen molar-refractivity contribution in [2.45, 2.75) is 63.9 Å². The van der Waals surface area contributed by atoms with Crippen LogP contribution in [0.3, 0.4) is 0 Å². The quantitative estimate of drug-likeness (QED) is 0.716. The van der Waals surface area contributed by atoms with Crippen LogP contribution in [0.2, 0.25) is 0 Å². The highest BCUT2D eigenvalue weighted by atomic mass is 32.1. The first-order valence-electron chi connectivity index (χ1n) is 9.97. The molecule has 1 spiro atoms. The third-order valence-corrected chi connectivity index (χ3v) is 6.04. The Morgan fingerprint density at radius 3 is 2.50 bits per heavy atom. The SMILES string of the molecule is CC(C)NC(=O)CC1COC2(CCN(Cc3cccs3)CC2)C1.O=C(O)C(F)(F)F. The number of carbonyl (C=O) groups excluding carboxylic acids is 1. The second-order valence-electron chi connectivity index (χ2n) is 8.15. The van der Waals surface area contributed by atoms with Crippen LogP contribution in [0, 0.1) is 5.92 Å². The van der Waals surface area contributed by atoms with Gasteiger partial charge in [-0.1, -0.05) is 6.07 Å². The van der Waals surface area contributed by atoms with E-state index in [0.29, 0.717) is 12.3 Å². The molecule has 2 N–H and O–H groups in total. The Hall–Kier alpha value is -1.65. The fraction of sp³-hybridized carbons (Fsp3) is 0.700. The average Bonchev–Trinajstić information content (AvgIpc) is 3.27. The van der Waals surface area contributed by atoms with Crippen LogP contribution in [0.25, 0.3) is 0 Å². The molecule has 1 aromatic rings. The van der Waals surface area contributed by atoms with Crippen molar-refractivity contribution in [3.63, 3.8) is 0 Å². The van der Waals surface area contributed by atoms with Crippen molar-refractivity contribution in [3.05, 3.63) is 22.4 Å². The number of rotatable bonds is 5. The van der Waals surface area contributed by atoms with Crippen molar-refractivity contribution >= 4 is 23.2 Å². The molecule has 2 saturated heterocycles. The van der Waals surface area contributed by atoms with Gasteiger partial charge in [-0.15, -0.1) is 11.3 Å². The molecule has 1 unspecified atom stereocenters. The third kappa shape index (κ3) is 7.88. The minimum Gasteiger partial charge on any atom is -0.475 e. The number of likely N-dealkylation sites (tertiary alicyclic amines) is 1. The second-order valence-corrected chi connectivity index (χ2v) is 9.18. The van der Waals surface area contributed by atoms with Gasteiger partial charge >= 0.3 is 12.1 Å². The van der Waals surface area contributed by atoms with Gasteiger partial charge in [-0.25, -0.2) is 4.79 Å². The van der Waals surface area contributed by atoms with Crippen molar-refractivity contribution < 1.29 is 32.6 Å². The number of carboxylic acid groups (broad SMARTS) is 1. The first-order chi connectivity index (χ1) is 14.0. The molecule has 30 heavy (non-hydrogen) atoms. The first-order valence-corrected chi connectivity index (χ1v) is 10.9. The van der Waals surface area contributed by atoms with Crippen LogP contribution >= 0.6 is 11.3 Å². The summed E-state index contributed by atoms with van der Waals surface area (Å²) < 4.78 is 37.9. The molecule has 0 aromatic carbocycles. The highest BCUT2D eigenvalue weighted by Crippen LogP contribution is 2.40. The van der Waals surface area contributed by atoms with Gasteiger partial charge in [0.15, 0.2) is 0 Å². The summed E-state index contributed by atoms with van der Waals surface area (Å²) in [6.07, 6.45) is -1.23. The van der Waals surface area contributed by atoms with Gasteiger partial charge in [0.2, 0.25) is 5.91 Å². The lowest BCUT2D eigenvalue weighted by molar-refractivity contribution is -0.192. The topological polar surface area (TPSA) is 78.9 Å². The van der Waals surface area contributed by atoms with E-state index in [0.717, 1.165) is 45.5 Å². The number of aliphatic carboxylic acids is 1. The van der Waals surface area contributed by atoms with E-state index in [2.05, 4.69) is 27.7 Å². The molecule has 0 aliphatic carbocycles. The summed E-state index contributed by atoms with van der Waals surface area (Å²) in [4.78, 5) is 24.8. The number of piperidine rings is 1. The number of hydrogen-bond donors (Lipinski definition) is 2. The Labute approximate surface area is 178 Å². The molecule has 2 aliphatic rings. The fourth-order valence-electron chi connectivity index (χ4n) is 3.80. The van der Waals surface area contributed by atoms with E-state index in [1.165, 1.54) is 4.88 Å². The molecule has 1 aromatic heterocycles. The maximum Gasteiger partial charge on any atom is 0.490 e. The molecule has 0 saturated carbocycles. The summed E-state index contributed by atoms with van der Waals surface area (Å²) in [5.41, 5.74) is 0.0364. The van der Waals surface area contributed by atoms with E-state index in [-0.39, 0.29) is 17.6 Å². The summed E-state index contributed by atoms with van der Waals surface area (Å²) in [5, 5.41) is 12.3. The molecule has 0 bridgehead atoms. The maximum atomic E-state index is 11.9. The monoisotopic (exact) mass is 450 g/mol. The largest absolute Gasteiger partial charge is 0.490 e. The lowest BCUT2D eigenvalue weighted by atomic mass is 9.84. The van der Waals surface area contributed by atoms with Gasteiger partial charge in [-0.2, -0.15) is 13.2 Å². The predicted molar refractivity (Wildman–Crippen MR) is 107 cm³/mol. The highest BCUT2D eigenvalue weighted by molar-refractivity contribution is 7.09. The van der Waals surface area contributed by atoms with E-state index in [4.69, 9.17) is 14.6 Å². The minimum absolute atomic E-state index is 0.0364. The molecule has 1 atom stereocenters. The van der Waals surface area contributed by atoms with Gasteiger partial charge in [0.05, 0.1) is 12.2 Å². The van der Waals surface area contributed by atoms with E-state index in [1.54, 1.807) is 0 Å². The molecule has 1 amide bonds. The Morgan fingerprint density at radius 1 is 1.37 bits per heavy atom. The van der Waals surface area contributed by atoms with Crippen LogP contribution in [0.1, 0.15) is 44.4 Å². The van der Waals surface area contributed by atoms with Crippen LogP contribution in [0.4, 0.5) is 13.2 Å². The van der Waals surface area contributed by atoms with Crippen molar-refractivity contribution in [2.75, 3.05) is 19.7 Å². The summed E-state index contributed by atoms with van der Waals surface area (Å²) in [6.45, 7) is 8.03. The van der Waals surface area contributed by atoms with Crippen molar-refractivity contribution in [3.8, 4) is 0 Å². The first kappa shape index (κ1) is 24.6. The third-order valence-electron chi connectivity index (χ3n) is 5.18. The molecule has 6 nitrogen and oxygen atoms in total. The number of amides is 1. The van der Waals surface area contributed by atoms with Gasteiger partial charge in [0.25, 0.3) is 0 Å². The Bertz CT molecular complexity index is 687. The van der Waals surface area contributed by atoms with Crippen LogP contribution in [-0.2, 0) is 20.9 Å². The number of nitrogens with one attached hydrogen (secondary N) is 1. The molecular weight excluding hydrogens is 421 g/mol. The van der Waals surface area contributed by atoms with Gasteiger partial charge < -0.3 is 15.2 Å². The highest BCUT2D eigenvalue weighted by Gasteiger charge is 2.43. The zero-order chi connectivity index (χ0) is 22.4. The number of nitrogens with zero attached hydrogens (tertiary/aromatic N) is 1. The molecule has 2 fully saturated rings. The second kappa shape index (κ2) is 10.6. The number of hydrogen-bond acceptors (Lipinski definition) is 5. The number of carbonyl (C=O) groups is 2. The summed E-state index contributed by atoms with van der Waals surface area (Å²) in [7, 11) is 0. The molecule has 3 rings (SSSR count). The minimum atomic E-state index is -5.08. The van der Waals surface area contributed by atoms with Crippen LogP contribution in [0.15, 0.2) is 17.5 Å². The summed E-state index contributed by atoms with van der Waals surface area (Å²) >= 11 is 1.83. The molecule has 2 aliphatic heterocycles. The lowest BCUT2D eigenvalue weighted by Gasteiger charge is -2.38. The zero-order valence-corrected chi connectivity index (χ0v) is 18.0. The number of carboxylic acids is 1. The Balaban J connectivity index is 0.000000396. The molecule has 10 heteroatoms. The van der Waals surface area contributed by atoms with Crippen molar-refractivity contribution in [2.24, 2.45) is 5.92 Å². The van der Waals surface area contributed by atoms with Gasteiger partial charge in [-0.3, -0.25) is 9.69 Å². The van der Waals surface area contributed by atoms with E-state index >= 15 is 0 Å². The molecular formula is C20H29F3N2O4S. The number of alkyl halides is 3. The summed E-state index contributed by atoms with van der Waals surface area (Å²) in [6, 6.07) is 4.56. The number of halogens is 3. The molecule has 0 radical (unpaired) electrons. The van der Waals surface area contributed by atoms with Crippen LogP contribution < -0.4 is 5.32 Å². The van der Waals surface area contributed by atoms with Gasteiger partial charge in [0.1, 0.15) is 0 Å². The smallest absolute Gasteiger partial charge is 0.475 e. The van der Waals surface area contributed by atoms with Crippen molar-refractivity contribution in [1.29, 1.82) is 0 Å². The number of ether oxygens (including phenoxy) is 1. The zero-order valence-electron chi connectivity index (χ0n) is 17.2. The van der Waals surface area contributed by atoms with Crippen LogP contribution in [0.5, 0.6) is 0 Å². The molecule has 170 valence electrons. The molecule has 3 heterocycles. The van der Waals surface area contributed by atoms with E-state index in [9.17, 15) is 18.0 Å². The lowest BCUT2D eigenvalue weighted by Crippen LogP contribution is -2.43. The maximum absolute atomic E-state index is 11.9. The average molecular weight is 451 g/mol. The van der Waals surface area contributed by atoms with Gasteiger partial charge in [-0.05, 0) is 50.5 Å². The van der Waals surface area contributed by atoms with Gasteiger partial charge in [0, 0.05) is 37.0 Å². The number of thiophene rings is 1. The van der Waals surface area contributed by atoms with E-state index in [1.807, 2.05) is 25.2 Å². The predicted octanol–water partition coefficient (Wildman–Crippen LogP) is 3.67. The van der Waals surface area contributed by atoms with Crippen molar-refractivity contribution in [1.82, 2.24) is 10.2 Å². The Kier molecular flexibility index (Phi) is 8.69.